The molecule has 2 heterocycles. The summed E-state index contributed by atoms with van der Waals surface area (Å²) >= 11 is 1.23. The summed E-state index contributed by atoms with van der Waals surface area (Å²) in [7, 11) is 0. The molecular formula is C15H13NO3S. The quantitative estimate of drug-likeness (QED) is 0.865. The zero-order chi connectivity index (χ0) is 14.1. The zero-order valence-corrected chi connectivity index (χ0v) is 11.8. The van der Waals surface area contributed by atoms with Crippen molar-refractivity contribution in [3.05, 3.63) is 40.8 Å². The Labute approximate surface area is 120 Å². The Bertz CT molecular complexity index is 690. The second kappa shape index (κ2) is 5.09. The molecule has 1 N–H and O–H groups in total. The van der Waals surface area contributed by atoms with Crippen LogP contribution in [0.1, 0.15) is 39.8 Å². The number of ether oxygens (including phenoxy) is 1. The molecule has 4 nitrogen and oxygen atoms in total. The summed E-state index contributed by atoms with van der Waals surface area (Å²) in [6, 6.07) is 8.87. The van der Waals surface area contributed by atoms with E-state index in [1.807, 2.05) is 19.1 Å². The summed E-state index contributed by atoms with van der Waals surface area (Å²) < 4.78 is 5.76. The standard InChI is InChI=1S/C15H13NO3S/c1-2-5-11(17)13-8-9-14(18)16-10-6-3-4-7-12(10)19-15(9)20-13/h3-4,6-8H,2,5H2,1H3,(H,16,18). The number of benzene rings is 1. The number of hydrogen-bond donors (Lipinski definition) is 1. The molecule has 0 fully saturated rings. The van der Waals surface area contributed by atoms with Crippen molar-refractivity contribution in [1.29, 1.82) is 0 Å². The van der Waals surface area contributed by atoms with Crippen LogP contribution in [-0.4, -0.2) is 11.7 Å². The van der Waals surface area contributed by atoms with Gasteiger partial charge in [0.05, 0.1) is 16.1 Å². The van der Waals surface area contributed by atoms with Gasteiger partial charge in [-0.05, 0) is 24.6 Å². The maximum absolute atomic E-state index is 12.2. The van der Waals surface area contributed by atoms with Crippen molar-refractivity contribution in [2.24, 2.45) is 0 Å². The number of carbonyl (C=O) groups is 2. The van der Waals surface area contributed by atoms with E-state index in [1.54, 1.807) is 18.2 Å². The van der Waals surface area contributed by atoms with Crippen LogP contribution in [0, 0.1) is 0 Å². The SMILES string of the molecule is CCCC(=O)c1cc2c(s1)Oc1ccccc1NC2=O. The van der Waals surface area contributed by atoms with E-state index in [2.05, 4.69) is 5.32 Å². The van der Waals surface area contributed by atoms with Gasteiger partial charge in [0.2, 0.25) is 0 Å². The van der Waals surface area contributed by atoms with Crippen molar-refractivity contribution in [2.45, 2.75) is 19.8 Å². The zero-order valence-electron chi connectivity index (χ0n) is 10.9. The first kappa shape index (κ1) is 12.9. The summed E-state index contributed by atoms with van der Waals surface area (Å²) in [5, 5.41) is 3.27. The van der Waals surface area contributed by atoms with Crippen LogP contribution >= 0.6 is 11.3 Å². The van der Waals surface area contributed by atoms with Gasteiger partial charge in [-0.2, -0.15) is 0 Å². The number of thiophene rings is 1. The van der Waals surface area contributed by atoms with Crippen LogP contribution in [-0.2, 0) is 0 Å². The molecule has 102 valence electrons. The molecule has 1 aliphatic rings. The normalized spacial score (nSPS) is 12.8. The summed E-state index contributed by atoms with van der Waals surface area (Å²) in [5.74, 6) is 0.406. The fourth-order valence-corrected chi connectivity index (χ4v) is 3.03. The minimum Gasteiger partial charge on any atom is -0.444 e. The maximum atomic E-state index is 12.2. The average molecular weight is 287 g/mol. The first-order valence-corrected chi connectivity index (χ1v) is 7.26. The molecular weight excluding hydrogens is 274 g/mol. The van der Waals surface area contributed by atoms with Crippen LogP contribution in [0.4, 0.5) is 5.69 Å². The van der Waals surface area contributed by atoms with Gasteiger partial charge < -0.3 is 10.1 Å². The van der Waals surface area contributed by atoms with Gasteiger partial charge in [0.25, 0.3) is 5.91 Å². The topological polar surface area (TPSA) is 55.4 Å². The molecule has 1 aromatic carbocycles. The summed E-state index contributed by atoms with van der Waals surface area (Å²) in [6.07, 6.45) is 1.27. The number of rotatable bonds is 3. The molecule has 0 bridgehead atoms. The third kappa shape index (κ3) is 2.20. The molecule has 3 rings (SSSR count). The van der Waals surface area contributed by atoms with E-state index in [0.717, 1.165) is 6.42 Å². The Morgan fingerprint density at radius 3 is 2.95 bits per heavy atom. The maximum Gasteiger partial charge on any atom is 0.260 e. The molecule has 0 saturated heterocycles. The number of hydrogen-bond acceptors (Lipinski definition) is 4. The van der Waals surface area contributed by atoms with Crippen LogP contribution in [0.3, 0.4) is 0 Å². The lowest BCUT2D eigenvalue weighted by Gasteiger charge is -2.05. The molecule has 0 aliphatic carbocycles. The lowest BCUT2D eigenvalue weighted by Crippen LogP contribution is -2.09. The van der Waals surface area contributed by atoms with E-state index >= 15 is 0 Å². The van der Waals surface area contributed by atoms with Crippen LogP contribution in [0.25, 0.3) is 0 Å². The van der Waals surface area contributed by atoms with Crippen molar-refractivity contribution < 1.29 is 14.3 Å². The molecule has 1 aromatic heterocycles. The first-order chi connectivity index (χ1) is 9.69. The van der Waals surface area contributed by atoms with E-state index < -0.39 is 0 Å². The molecule has 0 atom stereocenters. The Hall–Kier alpha value is -2.14. The van der Waals surface area contributed by atoms with Gasteiger partial charge >= 0.3 is 0 Å². The van der Waals surface area contributed by atoms with Crippen LogP contribution < -0.4 is 10.1 Å². The predicted molar refractivity (Wildman–Crippen MR) is 78.0 cm³/mol. The summed E-state index contributed by atoms with van der Waals surface area (Å²) in [6.45, 7) is 1.95. The number of Topliss-reactive ketones (excluding diaryl/α,β-unsaturated/α-hetero) is 1. The minimum absolute atomic E-state index is 0.0512. The van der Waals surface area contributed by atoms with Gasteiger partial charge in [0.1, 0.15) is 0 Å². The van der Waals surface area contributed by atoms with Gasteiger partial charge in [0, 0.05) is 6.42 Å². The van der Waals surface area contributed by atoms with Gasteiger partial charge in [0.15, 0.2) is 16.6 Å². The van der Waals surface area contributed by atoms with Crippen molar-refractivity contribution in [1.82, 2.24) is 0 Å². The van der Waals surface area contributed by atoms with E-state index in [0.29, 0.717) is 33.4 Å². The van der Waals surface area contributed by atoms with Gasteiger partial charge in [-0.1, -0.05) is 30.4 Å². The molecule has 0 saturated carbocycles. The fraction of sp³-hybridized carbons (Fsp3) is 0.200. The molecule has 0 spiro atoms. The molecule has 5 heteroatoms. The highest BCUT2D eigenvalue weighted by Gasteiger charge is 2.25. The number of nitrogens with one attached hydrogen (secondary N) is 1. The van der Waals surface area contributed by atoms with Crippen molar-refractivity contribution in [3.63, 3.8) is 0 Å². The Kier molecular flexibility index (Phi) is 3.28. The molecule has 0 unspecified atom stereocenters. The second-order valence-electron chi connectivity index (χ2n) is 4.54. The smallest absolute Gasteiger partial charge is 0.260 e. The first-order valence-electron chi connectivity index (χ1n) is 6.44. The van der Waals surface area contributed by atoms with E-state index in [-0.39, 0.29) is 11.7 Å². The number of ketones is 1. The molecule has 2 aromatic rings. The second-order valence-corrected chi connectivity index (χ2v) is 5.55. The highest BCUT2D eigenvalue weighted by molar-refractivity contribution is 7.16. The minimum atomic E-state index is -0.239. The van der Waals surface area contributed by atoms with E-state index in [9.17, 15) is 9.59 Å². The van der Waals surface area contributed by atoms with E-state index in [1.165, 1.54) is 11.3 Å². The van der Waals surface area contributed by atoms with Gasteiger partial charge in [-0.3, -0.25) is 9.59 Å². The highest BCUT2D eigenvalue weighted by atomic mass is 32.1. The highest BCUT2D eigenvalue weighted by Crippen LogP contribution is 2.40. The van der Waals surface area contributed by atoms with Crippen molar-refractivity contribution in [2.75, 3.05) is 5.32 Å². The number of para-hydroxylation sites is 2. The summed E-state index contributed by atoms with van der Waals surface area (Å²) in [5.41, 5.74) is 1.06. The fourth-order valence-electron chi connectivity index (χ4n) is 2.04. The number of fused-ring (bicyclic) bond motifs is 2. The third-order valence-corrected chi connectivity index (χ3v) is 4.09. The largest absolute Gasteiger partial charge is 0.444 e. The van der Waals surface area contributed by atoms with Crippen LogP contribution in [0.15, 0.2) is 30.3 Å². The summed E-state index contributed by atoms with van der Waals surface area (Å²) in [4.78, 5) is 24.7. The number of carbonyl (C=O) groups excluding carboxylic acids is 2. The van der Waals surface area contributed by atoms with Crippen LogP contribution in [0.5, 0.6) is 10.8 Å². The van der Waals surface area contributed by atoms with Gasteiger partial charge in [-0.15, -0.1) is 0 Å². The number of amides is 1. The monoisotopic (exact) mass is 287 g/mol. The molecule has 0 radical (unpaired) electrons. The van der Waals surface area contributed by atoms with Crippen molar-refractivity contribution >= 4 is 28.7 Å². The Balaban J connectivity index is 2.01. The Morgan fingerprint density at radius 1 is 1.35 bits per heavy atom. The molecule has 1 aliphatic heterocycles. The lowest BCUT2D eigenvalue weighted by atomic mass is 10.2. The lowest BCUT2D eigenvalue weighted by molar-refractivity contribution is 0.0985. The molecule has 20 heavy (non-hydrogen) atoms. The van der Waals surface area contributed by atoms with Crippen molar-refractivity contribution in [3.8, 4) is 10.8 Å². The van der Waals surface area contributed by atoms with Crippen LogP contribution in [0.2, 0.25) is 0 Å². The average Bonchev–Trinajstić information content (AvgIpc) is 2.80. The third-order valence-electron chi connectivity index (χ3n) is 3.03. The van der Waals surface area contributed by atoms with Gasteiger partial charge in [-0.25, -0.2) is 0 Å². The number of anilines is 1. The molecule has 1 amide bonds. The van der Waals surface area contributed by atoms with E-state index in [4.69, 9.17) is 4.74 Å². The Morgan fingerprint density at radius 2 is 2.15 bits per heavy atom. The predicted octanol–water partition coefficient (Wildman–Crippen LogP) is 4.09.